The second kappa shape index (κ2) is 8.71. The number of hydrogen-bond donors (Lipinski definition) is 1. The van der Waals surface area contributed by atoms with Gasteiger partial charge in [-0.15, -0.1) is 0 Å². The Morgan fingerprint density at radius 1 is 1.09 bits per heavy atom. The highest BCUT2D eigenvalue weighted by Gasteiger charge is 2.29. The normalized spacial score (nSPS) is 15.7. The number of hydrogen-bond acceptors (Lipinski definition) is 10. The highest BCUT2D eigenvalue weighted by atomic mass is 16.7. The van der Waals surface area contributed by atoms with Gasteiger partial charge in [0.15, 0.2) is 11.5 Å². The molecule has 1 fully saturated rings. The Balaban J connectivity index is 1.25. The zero-order chi connectivity index (χ0) is 21.9. The maximum absolute atomic E-state index is 11.8. The van der Waals surface area contributed by atoms with Crippen LogP contribution >= 0.6 is 0 Å². The molecule has 0 amide bonds. The van der Waals surface area contributed by atoms with Crippen LogP contribution in [0.2, 0.25) is 0 Å². The lowest BCUT2D eigenvalue weighted by Gasteiger charge is -2.35. The van der Waals surface area contributed by atoms with E-state index in [-0.39, 0.29) is 18.3 Å². The fraction of sp³-hybridized carbons (Fsp3) is 0.333. The molecule has 5 rings (SSSR count). The minimum absolute atomic E-state index is 0.122. The predicted molar refractivity (Wildman–Crippen MR) is 115 cm³/mol. The molecule has 11 heteroatoms. The Kier molecular flexibility index (Phi) is 5.46. The smallest absolute Gasteiger partial charge is 0.353 e. The van der Waals surface area contributed by atoms with Gasteiger partial charge in [-0.2, -0.15) is 0 Å². The molecular weight excluding hydrogens is 416 g/mol. The van der Waals surface area contributed by atoms with Crippen LogP contribution in [0, 0.1) is 10.1 Å². The largest absolute Gasteiger partial charge is 0.467 e. The van der Waals surface area contributed by atoms with E-state index in [9.17, 15) is 10.1 Å². The molecule has 0 radical (unpaired) electrons. The summed E-state index contributed by atoms with van der Waals surface area (Å²) >= 11 is 0. The SMILES string of the molecule is O=[N+]([O-])c1c(NCc2ccco2)ncnc1N1CCN(Cc2ccc3c(c2)OCO3)CC1. The molecule has 0 aliphatic carbocycles. The average molecular weight is 438 g/mol. The summed E-state index contributed by atoms with van der Waals surface area (Å²) < 4.78 is 16.1. The van der Waals surface area contributed by atoms with Crippen molar-refractivity contribution in [1.82, 2.24) is 14.9 Å². The van der Waals surface area contributed by atoms with E-state index in [4.69, 9.17) is 13.9 Å². The molecule has 0 atom stereocenters. The van der Waals surface area contributed by atoms with Crippen LogP contribution in [0.3, 0.4) is 0 Å². The zero-order valence-electron chi connectivity index (χ0n) is 17.3. The standard InChI is InChI=1S/C21H22N6O5/c28-27(29)19-20(22-11-16-2-1-9-30-16)23-13-24-21(19)26-7-5-25(6-8-26)12-15-3-4-17-18(10-15)32-14-31-17/h1-4,9-10,13H,5-8,11-12,14H2,(H,22,23,24). The Hall–Kier alpha value is -3.86. The van der Waals surface area contributed by atoms with Crippen molar-refractivity contribution >= 4 is 17.3 Å². The number of ether oxygens (including phenoxy) is 2. The lowest BCUT2D eigenvalue weighted by atomic mass is 10.1. The number of benzene rings is 1. The molecule has 0 bridgehead atoms. The Labute approximate surface area is 183 Å². The Morgan fingerprint density at radius 2 is 1.94 bits per heavy atom. The van der Waals surface area contributed by atoms with Crippen LogP contribution < -0.4 is 19.7 Å². The van der Waals surface area contributed by atoms with Gasteiger partial charge in [-0.25, -0.2) is 9.97 Å². The summed E-state index contributed by atoms with van der Waals surface area (Å²) in [5, 5.41) is 14.8. The van der Waals surface area contributed by atoms with Gasteiger partial charge in [-0.1, -0.05) is 6.07 Å². The summed E-state index contributed by atoms with van der Waals surface area (Å²) in [4.78, 5) is 24.0. The molecular formula is C21H22N6O5. The predicted octanol–water partition coefficient (Wildman–Crippen LogP) is 2.64. The van der Waals surface area contributed by atoms with Crippen molar-refractivity contribution in [3.8, 4) is 11.5 Å². The first-order valence-corrected chi connectivity index (χ1v) is 10.3. The first kappa shape index (κ1) is 20.1. The molecule has 11 nitrogen and oxygen atoms in total. The van der Waals surface area contributed by atoms with Crippen molar-refractivity contribution in [3.63, 3.8) is 0 Å². The highest BCUT2D eigenvalue weighted by molar-refractivity contribution is 5.70. The van der Waals surface area contributed by atoms with E-state index in [1.807, 2.05) is 23.1 Å². The van der Waals surface area contributed by atoms with E-state index in [0.29, 0.717) is 31.2 Å². The summed E-state index contributed by atoms with van der Waals surface area (Å²) in [5.74, 6) is 2.71. The third-order valence-corrected chi connectivity index (χ3v) is 5.51. The van der Waals surface area contributed by atoms with E-state index in [2.05, 4.69) is 20.2 Å². The number of nitrogens with zero attached hydrogens (tertiary/aromatic N) is 5. The zero-order valence-corrected chi connectivity index (χ0v) is 17.3. The lowest BCUT2D eigenvalue weighted by molar-refractivity contribution is -0.383. The summed E-state index contributed by atoms with van der Waals surface area (Å²) in [5.41, 5.74) is 1.02. The maximum atomic E-state index is 11.8. The van der Waals surface area contributed by atoms with E-state index >= 15 is 0 Å². The second-order valence-electron chi connectivity index (χ2n) is 7.54. The van der Waals surface area contributed by atoms with Gasteiger partial charge in [-0.05, 0) is 29.8 Å². The molecule has 166 valence electrons. The van der Waals surface area contributed by atoms with Crippen LogP contribution in [-0.2, 0) is 13.1 Å². The maximum Gasteiger partial charge on any atom is 0.353 e. The third-order valence-electron chi connectivity index (χ3n) is 5.51. The third kappa shape index (κ3) is 4.14. The first-order chi connectivity index (χ1) is 15.7. The van der Waals surface area contributed by atoms with Gasteiger partial charge in [0, 0.05) is 32.7 Å². The highest BCUT2D eigenvalue weighted by Crippen LogP contribution is 2.34. The van der Waals surface area contributed by atoms with E-state index in [1.54, 1.807) is 18.4 Å². The molecule has 1 saturated heterocycles. The van der Waals surface area contributed by atoms with Crippen molar-refractivity contribution in [2.75, 3.05) is 43.2 Å². The van der Waals surface area contributed by atoms with E-state index in [0.717, 1.165) is 36.7 Å². The number of fused-ring (bicyclic) bond motifs is 1. The van der Waals surface area contributed by atoms with Crippen molar-refractivity contribution in [1.29, 1.82) is 0 Å². The molecule has 4 heterocycles. The number of piperazine rings is 1. The summed E-state index contributed by atoms with van der Waals surface area (Å²) in [6, 6.07) is 9.52. The van der Waals surface area contributed by atoms with Gasteiger partial charge in [-0.3, -0.25) is 15.0 Å². The first-order valence-electron chi connectivity index (χ1n) is 10.3. The Morgan fingerprint density at radius 3 is 2.72 bits per heavy atom. The number of aromatic nitrogens is 2. The fourth-order valence-electron chi connectivity index (χ4n) is 3.90. The molecule has 32 heavy (non-hydrogen) atoms. The second-order valence-corrected chi connectivity index (χ2v) is 7.54. The molecule has 2 aliphatic heterocycles. The van der Waals surface area contributed by atoms with Crippen molar-refractivity contribution in [2.45, 2.75) is 13.1 Å². The van der Waals surface area contributed by atoms with Crippen LogP contribution in [0.25, 0.3) is 0 Å². The van der Waals surface area contributed by atoms with Gasteiger partial charge in [0.2, 0.25) is 18.4 Å². The molecule has 0 unspecified atom stereocenters. The molecule has 2 aromatic heterocycles. The molecule has 1 aromatic carbocycles. The van der Waals surface area contributed by atoms with Gasteiger partial charge in [0.05, 0.1) is 17.7 Å². The Bertz CT molecular complexity index is 1100. The summed E-state index contributed by atoms with van der Waals surface area (Å²) in [6.07, 6.45) is 2.91. The monoisotopic (exact) mass is 438 g/mol. The van der Waals surface area contributed by atoms with Gasteiger partial charge in [0.1, 0.15) is 12.1 Å². The summed E-state index contributed by atoms with van der Waals surface area (Å²) in [7, 11) is 0. The van der Waals surface area contributed by atoms with E-state index in [1.165, 1.54) is 6.33 Å². The van der Waals surface area contributed by atoms with Crippen molar-refractivity contribution in [2.24, 2.45) is 0 Å². The van der Waals surface area contributed by atoms with Gasteiger partial charge in [0.25, 0.3) is 0 Å². The lowest BCUT2D eigenvalue weighted by Crippen LogP contribution is -2.46. The van der Waals surface area contributed by atoms with Crippen LogP contribution in [-0.4, -0.2) is 52.8 Å². The van der Waals surface area contributed by atoms with Crippen LogP contribution in [0.5, 0.6) is 11.5 Å². The number of furan rings is 1. The number of anilines is 2. The molecule has 2 aliphatic rings. The molecule has 3 aromatic rings. The van der Waals surface area contributed by atoms with Crippen molar-refractivity contribution in [3.05, 3.63) is 64.4 Å². The van der Waals surface area contributed by atoms with Crippen LogP contribution in [0.15, 0.2) is 47.3 Å². The van der Waals surface area contributed by atoms with Crippen LogP contribution in [0.1, 0.15) is 11.3 Å². The quantitative estimate of drug-likeness (QED) is 0.435. The molecule has 1 N–H and O–H groups in total. The fourth-order valence-corrected chi connectivity index (χ4v) is 3.90. The number of nitro groups is 1. The summed E-state index contributed by atoms with van der Waals surface area (Å²) in [6.45, 7) is 4.09. The minimum Gasteiger partial charge on any atom is -0.467 e. The molecule has 0 saturated carbocycles. The van der Waals surface area contributed by atoms with Gasteiger partial charge < -0.3 is 24.1 Å². The number of rotatable bonds is 7. The van der Waals surface area contributed by atoms with Crippen molar-refractivity contribution < 1.29 is 18.8 Å². The average Bonchev–Trinajstić information content (AvgIpc) is 3.49. The topological polar surface area (TPSA) is 119 Å². The van der Waals surface area contributed by atoms with Crippen LogP contribution in [0.4, 0.5) is 17.3 Å². The number of nitrogens with one attached hydrogen (secondary N) is 1. The minimum atomic E-state index is -0.432. The van der Waals surface area contributed by atoms with E-state index < -0.39 is 4.92 Å². The molecule has 0 spiro atoms. The van der Waals surface area contributed by atoms with Gasteiger partial charge >= 0.3 is 5.69 Å².